The maximum atomic E-state index is 13.4. The highest BCUT2D eigenvalue weighted by Crippen LogP contribution is 2.23. The number of carbonyl (C=O) groups is 7. The molecule has 0 aliphatic rings. The summed E-state index contributed by atoms with van der Waals surface area (Å²) >= 11 is 0. The van der Waals surface area contributed by atoms with Gasteiger partial charge in [-0.2, -0.15) is 0 Å². The van der Waals surface area contributed by atoms with Crippen LogP contribution in [-0.4, -0.2) is 112 Å². The van der Waals surface area contributed by atoms with Crippen LogP contribution in [0.3, 0.4) is 0 Å². The van der Waals surface area contributed by atoms with Crippen LogP contribution in [-0.2, 0) is 35.2 Å². The third-order valence-electron chi connectivity index (χ3n) is 10.8. The molecule has 60 heavy (non-hydrogen) atoms. The Kier molecular flexibility index (Phi) is 22.9. The van der Waals surface area contributed by atoms with Crippen LogP contribution in [0.4, 0.5) is 0 Å². The largest absolute Gasteiger partial charge is 0.451 e. The highest BCUT2D eigenvalue weighted by molar-refractivity contribution is 6.48. The summed E-state index contributed by atoms with van der Waals surface area (Å²) in [6, 6.07) is 12.1. The standard InChI is InChI=1S/C45H67BN4O10/c1-7-8-11-32-13-15-33(16-14-32)34-17-19-35(20-18-34)40(55)27-36(28-51)45(59)48-30(3)38(53)21-22-42(57)50(6)43(31(4)52)41(56)26-29(2)44(58)49-37(12-9-10-25-47)39(54)23-24-46(5)60/h13-20,29-31,36-37,43,51-52,60H,7-12,21-28,47H2,1-6H3,(H,48,59)(H,49,58)/t29-,30-,31?,36-,37+,43+/m1/s1. The molecule has 2 aromatic rings. The molecule has 0 aliphatic carbocycles. The monoisotopic (exact) mass is 834 g/mol. The molecule has 0 spiro atoms. The molecule has 0 aliphatic heterocycles. The van der Waals surface area contributed by atoms with Gasteiger partial charge in [-0.3, -0.25) is 33.6 Å². The third-order valence-corrected chi connectivity index (χ3v) is 10.8. The topological polar surface area (TPSA) is 233 Å². The number of aliphatic hydroxyl groups excluding tert-OH is 2. The zero-order valence-electron chi connectivity index (χ0n) is 36.3. The van der Waals surface area contributed by atoms with Gasteiger partial charge in [0.1, 0.15) is 6.04 Å². The summed E-state index contributed by atoms with van der Waals surface area (Å²) in [5, 5.41) is 35.3. The van der Waals surface area contributed by atoms with E-state index in [1.165, 1.54) is 33.4 Å². The second-order valence-electron chi connectivity index (χ2n) is 16.0. The lowest BCUT2D eigenvalue weighted by molar-refractivity contribution is -0.143. The number of rotatable bonds is 29. The van der Waals surface area contributed by atoms with Crippen LogP contribution >= 0.6 is 0 Å². The van der Waals surface area contributed by atoms with E-state index < -0.39 is 78.9 Å². The lowest BCUT2D eigenvalue weighted by Gasteiger charge is -2.30. The first kappa shape index (κ1) is 51.6. The van der Waals surface area contributed by atoms with Gasteiger partial charge in [0, 0.05) is 50.6 Å². The molecule has 0 saturated carbocycles. The molecule has 330 valence electrons. The number of nitrogens with zero attached hydrogens (tertiary/aromatic N) is 1. The smallest absolute Gasteiger partial charge is 0.286 e. The Labute approximate surface area is 355 Å². The molecular weight excluding hydrogens is 767 g/mol. The molecule has 14 nitrogen and oxygen atoms in total. The van der Waals surface area contributed by atoms with Gasteiger partial charge in [-0.15, -0.1) is 0 Å². The lowest BCUT2D eigenvalue weighted by Crippen LogP contribution is -2.50. The van der Waals surface area contributed by atoms with E-state index in [2.05, 4.69) is 29.7 Å². The quantitative estimate of drug-likeness (QED) is 0.0393. The number of likely N-dealkylation sites (N-methyl/N-ethyl adjacent to an activating group) is 1. The number of nitrogens with one attached hydrogen (secondary N) is 2. The minimum atomic E-state index is -1.33. The van der Waals surface area contributed by atoms with Gasteiger partial charge in [-0.25, -0.2) is 0 Å². The van der Waals surface area contributed by atoms with Crippen molar-refractivity contribution < 1.29 is 48.8 Å². The van der Waals surface area contributed by atoms with Crippen molar-refractivity contribution in [3.63, 3.8) is 0 Å². The molecule has 0 aromatic heterocycles. The number of amides is 3. The van der Waals surface area contributed by atoms with Gasteiger partial charge in [0.15, 0.2) is 23.1 Å². The molecule has 2 rings (SSSR count). The first-order valence-corrected chi connectivity index (χ1v) is 21.3. The molecule has 0 saturated heterocycles. The van der Waals surface area contributed by atoms with Crippen molar-refractivity contribution in [2.24, 2.45) is 17.6 Å². The third kappa shape index (κ3) is 17.2. The van der Waals surface area contributed by atoms with E-state index in [1.54, 1.807) is 19.0 Å². The summed E-state index contributed by atoms with van der Waals surface area (Å²) in [7, 11) is 1.31. The van der Waals surface area contributed by atoms with Crippen LogP contribution < -0.4 is 16.4 Å². The van der Waals surface area contributed by atoms with Crippen molar-refractivity contribution in [2.45, 2.75) is 136 Å². The molecule has 6 atom stereocenters. The molecule has 3 amide bonds. The number of unbranched alkanes of at least 4 members (excludes halogenated alkanes) is 2. The van der Waals surface area contributed by atoms with Crippen LogP contribution in [0.15, 0.2) is 48.5 Å². The van der Waals surface area contributed by atoms with Crippen LogP contribution in [0.25, 0.3) is 11.1 Å². The average molecular weight is 835 g/mol. The predicted octanol–water partition coefficient (Wildman–Crippen LogP) is 3.72. The normalized spacial score (nSPS) is 14.2. The Morgan fingerprint density at radius 2 is 1.40 bits per heavy atom. The van der Waals surface area contributed by atoms with E-state index in [4.69, 9.17) is 5.73 Å². The van der Waals surface area contributed by atoms with Gasteiger partial charge in [0.25, 0.3) is 6.92 Å². The lowest BCUT2D eigenvalue weighted by atomic mass is 9.66. The molecule has 0 fully saturated rings. The van der Waals surface area contributed by atoms with Gasteiger partial charge in [0.2, 0.25) is 17.7 Å². The second kappa shape index (κ2) is 26.6. The van der Waals surface area contributed by atoms with E-state index in [1.807, 2.05) is 24.3 Å². The van der Waals surface area contributed by atoms with E-state index in [0.717, 1.165) is 35.3 Å². The van der Waals surface area contributed by atoms with Crippen molar-refractivity contribution in [1.82, 2.24) is 15.5 Å². The molecule has 0 bridgehead atoms. The highest BCUT2D eigenvalue weighted by atomic mass is 16.3. The van der Waals surface area contributed by atoms with Crippen molar-refractivity contribution in [3.05, 3.63) is 59.7 Å². The molecule has 1 unspecified atom stereocenters. The van der Waals surface area contributed by atoms with Gasteiger partial charge >= 0.3 is 0 Å². The minimum Gasteiger partial charge on any atom is -0.451 e. The summed E-state index contributed by atoms with van der Waals surface area (Å²) in [5.74, 6) is -5.58. The number of hydrogen-bond donors (Lipinski definition) is 6. The summed E-state index contributed by atoms with van der Waals surface area (Å²) < 4.78 is 0. The Hall–Kier alpha value is -4.57. The number of aryl methyl sites for hydroxylation is 1. The van der Waals surface area contributed by atoms with Gasteiger partial charge in [0.05, 0.1) is 30.7 Å². The van der Waals surface area contributed by atoms with Crippen molar-refractivity contribution in [2.75, 3.05) is 20.2 Å². The Morgan fingerprint density at radius 1 is 0.783 bits per heavy atom. The number of nitrogens with two attached hydrogens (primary N) is 1. The molecule has 7 N–H and O–H groups in total. The first-order chi connectivity index (χ1) is 28.4. The Morgan fingerprint density at radius 3 is 1.95 bits per heavy atom. The van der Waals surface area contributed by atoms with Gasteiger partial charge in [-0.1, -0.05) is 75.6 Å². The fraction of sp³-hybridized carbons (Fsp3) is 0.578. The van der Waals surface area contributed by atoms with E-state index >= 15 is 0 Å². The second-order valence-corrected chi connectivity index (χ2v) is 16.0. The fourth-order valence-corrected chi connectivity index (χ4v) is 6.83. The van der Waals surface area contributed by atoms with Gasteiger partial charge < -0.3 is 36.5 Å². The maximum absolute atomic E-state index is 13.4. The number of benzene rings is 2. The number of carbonyl (C=O) groups excluding carboxylic acids is 7. The summed E-state index contributed by atoms with van der Waals surface area (Å²) in [4.78, 5) is 92.7. The molecule has 2 aromatic carbocycles. The number of aliphatic hydroxyl groups is 2. The Balaban J connectivity index is 1.93. The van der Waals surface area contributed by atoms with Crippen molar-refractivity contribution in [1.29, 1.82) is 0 Å². The average Bonchev–Trinajstić information content (AvgIpc) is 3.22. The van der Waals surface area contributed by atoms with Crippen LogP contribution in [0, 0.1) is 11.8 Å². The van der Waals surface area contributed by atoms with Crippen LogP contribution in [0.1, 0.15) is 108 Å². The molecule has 15 heteroatoms. The van der Waals surface area contributed by atoms with Gasteiger partial charge in [-0.05, 0) is 75.5 Å². The number of Topliss-reactive ketones (excluding diaryl/α,β-unsaturated/α-hetero) is 4. The molecule has 0 heterocycles. The van der Waals surface area contributed by atoms with Crippen LogP contribution in [0.2, 0.25) is 13.1 Å². The van der Waals surface area contributed by atoms with Crippen molar-refractivity contribution in [3.8, 4) is 11.1 Å². The maximum Gasteiger partial charge on any atom is 0.286 e. The number of ketones is 4. The van der Waals surface area contributed by atoms with E-state index in [-0.39, 0.29) is 50.0 Å². The fourth-order valence-electron chi connectivity index (χ4n) is 6.83. The highest BCUT2D eigenvalue weighted by Gasteiger charge is 2.34. The van der Waals surface area contributed by atoms with E-state index in [0.29, 0.717) is 31.4 Å². The molecule has 0 radical (unpaired) electrons. The Bertz CT molecular complexity index is 1720. The zero-order valence-corrected chi connectivity index (χ0v) is 36.3. The summed E-state index contributed by atoms with van der Waals surface area (Å²) in [5.41, 5.74) is 9.17. The minimum absolute atomic E-state index is 0.0683. The molecular formula is C45H67BN4O10. The predicted molar refractivity (Wildman–Crippen MR) is 232 cm³/mol. The van der Waals surface area contributed by atoms with Crippen molar-refractivity contribution >= 4 is 47.8 Å². The summed E-state index contributed by atoms with van der Waals surface area (Å²) in [6.45, 7) is 7.10. The van der Waals surface area contributed by atoms with E-state index in [9.17, 15) is 48.8 Å². The summed E-state index contributed by atoms with van der Waals surface area (Å²) in [6.07, 6.45) is 2.57. The number of hydrogen-bond acceptors (Lipinski definition) is 11. The first-order valence-electron chi connectivity index (χ1n) is 21.3. The SMILES string of the molecule is CCCCc1ccc(-c2ccc(C(=O)C[C@H](CO)C(=O)N[C@H](C)C(=O)CCC(=O)N(C)[C@H](C(=O)C[C@@H](C)C(=O)N[C@@H](CCCCN)C(=O)CCB(C)O)C(C)O)cc2)cc1. The zero-order chi connectivity index (χ0) is 44.9. The van der Waals surface area contributed by atoms with Crippen LogP contribution in [0.5, 0.6) is 0 Å².